The maximum Gasteiger partial charge on any atom is 0.348 e. The minimum atomic E-state index is -0.417. The van der Waals surface area contributed by atoms with Gasteiger partial charge in [0.05, 0.1) is 16.1 Å². The molecule has 1 aliphatic rings. The predicted molar refractivity (Wildman–Crippen MR) is 79.5 cm³/mol. The third-order valence-corrected chi connectivity index (χ3v) is 3.89. The largest absolute Gasteiger partial charge is 0.348 e. The highest BCUT2D eigenvalue weighted by Gasteiger charge is 2.24. The number of non-ortho nitro benzene ring substituents is 1. The van der Waals surface area contributed by atoms with Crippen molar-refractivity contribution in [3.05, 3.63) is 44.5 Å². The van der Waals surface area contributed by atoms with Gasteiger partial charge in [-0.1, -0.05) is 13.8 Å². The van der Waals surface area contributed by atoms with Crippen LogP contribution in [0.25, 0.3) is 10.9 Å². The van der Waals surface area contributed by atoms with E-state index in [4.69, 9.17) is 0 Å². The fourth-order valence-corrected chi connectivity index (χ4v) is 2.58. The molecule has 6 nitrogen and oxygen atoms in total. The molecule has 21 heavy (non-hydrogen) atoms. The van der Waals surface area contributed by atoms with Gasteiger partial charge in [0, 0.05) is 24.1 Å². The first-order valence-corrected chi connectivity index (χ1v) is 7.16. The number of aromatic nitrogens is 2. The van der Waals surface area contributed by atoms with Gasteiger partial charge in [-0.15, -0.1) is 0 Å². The van der Waals surface area contributed by atoms with Crippen molar-refractivity contribution in [2.24, 2.45) is 5.92 Å². The van der Waals surface area contributed by atoms with Gasteiger partial charge in [0.2, 0.25) is 0 Å². The lowest BCUT2D eigenvalue weighted by Gasteiger charge is -2.14. The normalized spacial score (nSPS) is 14.8. The smallest absolute Gasteiger partial charge is 0.292 e. The van der Waals surface area contributed by atoms with Crippen molar-refractivity contribution in [2.45, 2.75) is 39.2 Å². The van der Waals surface area contributed by atoms with Crippen LogP contribution in [-0.2, 0) is 6.54 Å². The van der Waals surface area contributed by atoms with E-state index in [2.05, 4.69) is 4.98 Å². The Morgan fingerprint density at radius 1 is 1.43 bits per heavy atom. The average Bonchev–Trinajstić information content (AvgIpc) is 3.24. The second-order valence-corrected chi connectivity index (χ2v) is 5.95. The molecule has 1 aliphatic carbocycles. The topological polar surface area (TPSA) is 78.0 Å². The molecule has 0 amide bonds. The molecule has 1 heterocycles. The molecule has 0 N–H and O–H groups in total. The van der Waals surface area contributed by atoms with Crippen LogP contribution >= 0.6 is 0 Å². The molecule has 2 aromatic rings. The van der Waals surface area contributed by atoms with Crippen molar-refractivity contribution in [3.63, 3.8) is 0 Å². The fourth-order valence-electron chi connectivity index (χ4n) is 2.58. The van der Waals surface area contributed by atoms with E-state index < -0.39 is 4.92 Å². The SMILES string of the molecule is CC(C)c1nc(=O)n(CC2CC2)c2ccc([N+](=O)[O-])cc12. The first-order chi connectivity index (χ1) is 9.97. The van der Waals surface area contributed by atoms with Crippen LogP contribution in [0.1, 0.15) is 38.3 Å². The zero-order chi connectivity index (χ0) is 15.1. The standard InChI is InChI=1S/C15H17N3O3/c1-9(2)14-12-7-11(18(20)21)5-6-13(12)17(15(19)16-14)8-10-3-4-10/h5-7,9-10H,3-4,8H2,1-2H3. The summed E-state index contributed by atoms with van der Waals surface area (Å²) in [6.45, 7) is 4.52. The summed E-state index contributed by atoms with van der Waals surface area (Å²) in [5.74, 6) is 0.575. The van der Waals surface area contributed by atoms with Crippen molar-refractivity contribution in [3.8, 4) is 0 Å². The minimum Gasteiger partial charge on any atom is -0.292 e. The van der Waals surface area contributed by atoms with E-state index in [1.165, 1.54) is 12.1 Å². The van der Waals surface area contributed by atoms with Crippen molar-refractivity contribution >= 4 is 16.6 Å². The zero-order valence-corrected chi connectivity index (χ0v) is 12.1. The Bertz CT molecular complexity index is 776. The quantitative estimate of drug-likeness (QED) is 0.640. The summed E-state index contributed by atoms with van der Waals surface area (Å²) in [5.41, 5.74) is 1.15. The Balaban J connectivity index is 2.28. The second kappa shape index (κ2) is 4.95. The number of benzene rings is 1. The van der Waals surface area contributed by atoms with Crippen LogP contribution in [-0.4, -0.2) is 14.5 Å². The molecular formula is C15H17N3O3. The predicted octanol–water partition coefficient (Wildman–Crippen LogP) is 2.84. The Kier molecular flexibility index (Phi) is 3.23. The number of nitro benzene ring substituents is 1. The summed E-state index contributed by atoms with van der Waals surface area (Å²) >= 11 is 0. The molecule has 6 heteroatoms. The monoisotopic (exact) mass is 287 g/mol. The third kappa shape index (κ3) is 2.53. The lowest BCUT2D eigenvalue weighted by molar-refractivity contribution is -0.384. The molecule has 0 radical (unpaired) electrons. The zero-order valence-electron chi connectivity index (χ0n) is 12.1. The van der Waals surface area contributed by atoms with Gasteiger partial charge in [0.25, 0.3) is 5.69 Å². The summed E-state index contributed by atoms with van der Waals surface area (Å²) in [6, 6.07) is 4.65. The fraction of sp³-hybridized carbons (Fsp3) is 0.467. The van der Waals surface area contributed by atoms with Gasteiger partial charge >= 0.3 is 5.69 Å². The van der Waals surface area contributed by atoms with Crippen molar-refractivity contribution in [1.82, 2.24) is 9.55 Å². The molecule has 1 saturated carbocycles. The van der Waals surface area contributed by atoms with E-state index >= 15 is 0 Å². The molecule has 1 aromatic heterocycles. The van der Waals surface area contributed by atoms with E-state index in [0.29, 0.717) is 23.5 Å². The van der Waals surface area contributed by atoms with E-state index in [1.807, 2.05) is 13.8 Å². The van der Waals surface area contributed by atoms with Gasteiger partial charge in [0.1, 0.15) is 0 Å². The third-order valence-electron chi connectivity index (χ3n) is 3.89. The van der Waals surface area contributed by atoms with Crippen LogP contribution in [0.4, 0.5) is 5.69 Å². The summed E-state index contributed by atoms with van der Waals surface area (Å²) in [6.07, 6.45) is 2.26. The lowest BCUT2D eigenvalue weighted by atomic mass is 10.0. The van der Waals surface area contributed by atoms with Crippen LogP contribution in [0.15, 0.2) is 23.0 Å². The maximum atomic E-state index is 12.3. The number of nitro groups is 1. The summed E-state index contributed by atoms with van der Waals surface area (Å²) in [5, 5.41) is 11.7. The number of rotatable bonds is 4. The highest BCUT2D eigenvalue weighted by atomic mass is 16.6. The molecule has 1 fully saturated rings. The molecular weight excluding hydrogens is 270 g/mol. The van der Waals surface area contributed by atoms with Gasteiger partial charge in [-0.05, 0) is 30.7 Å². The Morgan fingerprint density at radius 3 is 2.71 bits per heavy atom. The number of fused-ring (bicyclic) bond motifs is 1. The minimum absolute atomic E-state index is 0.0304. The Labute approximate surface area is 121 Å². The van der Waals surface area contributed by atoms with Crippen molar-refractivity contribution < 1.29 is 4.92 Å². The molecule has 0 saturated heterocycles. The molecule has 0 unspecified atom stereocenters. The van der Waals surface area contributed by atoms with Crippen LogP contribution in [0, 0.1) is 16.0 Å². The molecule has 3 rings (SSSR count). The van der Waals surface area contributed by atoms with Crippen LogP contribution in [0.3, 0.4) is 0 Å². The summed E-state index contributed by atoms with van der Waals surface area (Å²) in [4.78, 5) is 27.0. The highest BCUT2D eigenvalue weighted by molar-refractivity contribution is 5.84. The number of hydrogen-bond donors (Lipinski definition) is 0. The van der Waals surface area contributed by atoms with E-state index in [-0.39, 0.29) is 17.3 Å². The first-order valence-electron chi connectivity index (χ1n) is 7.16. The maximum absolute atomic E-state index is 12.3. The summed E-state index contributed by atoms with van der Waals surface area (Å²) in [7, 11) is 0. The first kappa shape index (κ1) is 13.7. The Morgan fingerprint density at radius 2 is 2.14 bits per heavy atom. The Hall–Kier alpha value is -2.24. The summed E-state index contributed by atoms with van der Waals surface area (Å²) < 4.78 is 1.66. The number of nitrogens with zero attached hydrogens (tertiary/aromatic N) is 3. The van der Waals surface area contributed by atoms with E-state index in [0.717, 1.165) is 18.4 Å². The van der Waals surface area contributed by atoms with Crippen molar-refractivity contribution in [2.75, 3.05) is 0 Å². The average molecular weight is 287 g/mol. The van der Waals surface area contributed by atoms with Crippen LogP contribution < -0.4 is 5.69 Å². The molecule has 110 valence electrons. The molecule has 0 atom stereocenters. The van der Waals surface area contributed by atoms with E-state index in [1.54, 1.807) is 10.6 Å². The number of hydrogen-bond acceptors (Lipinski definition) is 4. The molecule has 0 aliphatic heterocycles. The molecule has 0 bridgehead atoms. The lowest BCUT2D eigenvalue weighted by Crippen LogP contribution is -2.26. The van der Waals surface area contributed by atoms with Gasteiger partial charge in [-0.25, -0.2) is 4.79 Å². The second-order valence-electron chi connectivity index (χ2n) is 5.95. The van der Waals surface area contributed by atoms with Crippen LogP contribution in [0.2, 0.25) is 0 Å². The van der Waals surface area contributed by atoms with Gasteiger partial charge < -0.3 is 0 Å². The van der Waals surface area contributed by atoms with Crippen LogP contribution in [0.5, 0.6) is 0 Å². The highest BCUT2D eigenvalue weighted by Crippen LogP contribution is 2.32. The molecule has 1 aromatic carbocycles. The van der Waals surface area contributed by atoms with Crippen molar-refractivity contribution in [1.29, 1.82) is 0 Å². The van der Waals surface area contributed by atoms with Gasteiger partial charge in [0.15, 0.2) is 0 Å². The van der Waals surface area contributed by atoms with Gasteiger partial charge in [-0.2, -0.15) is 4.98 Å². The van der Waals surface area contributed by atoms with E-state index in [9.17, 15) is 14.9 Å². The molecule has 0 spiro atoms. The van der Waals surface area contributed by atoms with Gasteiger partial charge in [-0.3, -0.25) is 14.7 Å².